The van der Waals surface area contributed by atoms with E-state index in [9.17, 15) is 4.79 Å². The van der Waals surface area contributed by atoms with Gasteiger partial charge in [-0.25, -0.2) is 4.79 Å². The van der Waals surface area contributed by atoms with Gasteiger partial charge in [0, 0.05) is 37.1 Å². The standard InChI is InChI=1S/C26H32N6O3/c1-16-5-6-20-19(11-28-29-20)23(16)30-8-7-18-21(14-30)27-12-22-24(18)32-10-9-31(13-17(32)15-34-22)25(33)35-26(2,3)4/h5-6,11-12,17H,7-10,13-15H2,1-4H3,(H,28,29)/t17-/m1/s1. The summed E-state index contributed by atoms with van der Waals surface area (Å²) in [4.78, 5) is 24.1. The number of aryl methyl sites for hydroxylation is 1. The monoisotopic (exact) mass is 476 g/mol. The van der Waals surface area contributed by atoms with Gasteiger partial charge in [-0.2, -0.15) is 5.10 Å². The molecule has 1 fully saturated rings. The van der Waals surface area contributed by atoms with Crippen LogP contribution >= 0.6 is 0 Å². The number of rotatable bonds is 1. The zero-order chi connectivity index (χ0) is 24.3. The molecule has 35 heavy (non-hydrogen) atoms. The maximum atomic E-state index is 12.7. The Balaban J connectivity index is 1.27. The van der Waals surface area contributed by atoms with Gasteiger partial charge in [0.15, 0.2) is 5.75 Å². The molecule has 9 nitrogen and oxygen atoms in total. The quantitative estimate of drug-likeness (QED) is 0.574. The van der Waals surface area contributed by atoms with Crippen molar-refractivity contribution in [2.24, 2.45) is 0 Å². The van der Waals surface area contributed by atoms with Gasteiger partial charge in [0.1, 0.15) is 12.2 Å². The van der Waals surface area contributed by atoms with Crippen LogP contribution in [0.25, 0.3) is 10.9 Å². The molecular weight excluding hydrogens is 444 g/mol. The molecule has 1 saturated heterocycles. The van der Waals surface area contributed by atoms with Crippen molar-refractivity contribution in [1.82, 2.24) is 20.1 Å². The molecule has 1 amide bonds. The van der Waals surface area contributed by atoms with Gasteiger partial charge < -0.3 is 24.2 Å². The van der Waals surface area contributed by atoms with Crippen molar-refractivity contribution in [3.63, 3.8) is 0 Å². The third-order valence-corrected chi connectivity index (χ3v) is 7.14. The Hall–Kier alpha value is -3.49. The predicted molar refractivity (Wildman–Crippen MR) is 134 cm³/mol. The van der Waals surface area contributed by atoms with Gasteiger partial charge in [0.2, 0.25) is 0 Å². The SMILES string of the molecule is Cc1ccc2[nH]ncc2c1N1CCc2c(ncc3c2N2CCN(C(=O)OC(C)(C)C)C[C@@H]2CO3)C1. The Morgan fingerprint density at radius 1 is 1.17 bits per heavy atom. The Bertz CT molecular complexity index is 1300. The van der Waals surface area contributed by atoms with E-state index in [0.29, 0.717) is 19.7 Å². The second-order valence-electron chi connectivity index (χ2n) is 10.7. The van der Waals surface area contributed by atoms with Crippen molar-refractivity contribution < 1.29 is 14.3 Å². The van der Waals surface area contributed by atoms with E-state index < -0.39 is 5.60 Å². The van der Waals surface area contributed by atoms with Gasteiger partial charge in [-0.05, 0) is 45.7 Å². The molecule has 2 aromatic heterocycles. The van der Waals surface area contributed by atoms with Gasteiger partial charge in [0.25, 0.3) is 0 Å². The summed E-state index contributed by atoms with van der Waals surface area (Å²) in [5, 5.41) is 8.49. The average molecular weight is 477 g/mol. The minimum atomic E-state index is -0.500. The molecule has 184 valence electrons. The molecular formula is C26H32N6O3. The number of H-pyrrole nitrogens is 1. The normalized spacial score (nSPS) is 19.7. The second kappa shape index (κ2) is 8.03. The molecule has 3 aliphatic heterocycles. The Labute approximate surface area is 205 Å². The zero-order valence-corrected chi connectivity index (χ0v) is 20.8. The summed E-state index contributed by atoms with van der Waals surface area (Å²) in [6, 6.07) is 4.34. The van der Waals surface area contributed by atoms with Crippen LogP contribution in [-0.2, 0) is 17.7 Å². The first-order chi connectivity index (χ1) is 16.8. The van der Waals surface area contributed by atoms with Gasteiger partial charge >= 0.3 is 6.09 Å². The number of hydrogen-bond donors (Lipinski definition) is 1. The van der Waals surface area contributed by atoms with Crippen molar-refractivity contribution in [2.45, 2.75) is 52.3 Å². The number of anilines is 2. The molecule has 3 aromatic rings. The van der Waals surface area contributed by atoms with Gasteiger partial charge in [-0.1, -0.05) is 6.07 Å². The van der Waals surface area contributed by atoms with Gasteiger partial charge in [-0.3, -0.25) is 10.1 Å². The van der Waals surface area contributed by atoms with E-state index in [-0.39, 0.29) is 12.1 Å². The number of amides is 1. The van der Waals surface area contributed by atoms with Crippen LogP contribution in [0.15, 0.2) is 24.5 Å². The Morgan fingerprint density at radius 3 is 2.86 bits per heavy atom. The first-order valence-corrected chi connectivity index (χ1v) is 12.3. The number of hydrogen-bond acceptors (Lipinski definition) is 7. The number of aromatic amines is 1. The highest BCUT2D eigenvalue weighted by Crippen LogP contribution is 2.42. The second-order valence-corrected chi connectivity index (χ2v) is 10.7. The molecule has 1 atom stereocenters. The number of carbonyl (C=O) groups is 1. The minimum Gasteiger partial charge on any atom is -0.488 e. The van der Waals surface area contributed by atoms with Crippen molar-refractivity contribution in [3.8, 4) is 5.75 Å². The largest absolute Gasteiger partial charge is 0.488 e. The lowest BCUT2D eigenvalue weighted by atomic mass is 9.97. The average Bonchev–Trinajstić information content (AvgIpc) is 3.30. The fraction of sp³-hybridized carbons (Fsp3) is 0.500. The number of ether oxygens (including phenoxy) is 2. The number of piperazine rings is 1. The molecule has 1 N–H and O–H groups in total. The summed E-state index contributed by atoms with van der Waals surface area (Å²) in [5.41, 5.74) is 6.53. The summed E-state index contributed by atoms with van der Waals surface area (Å²) in [7, 11) is 0. The van der Waals surface area contributed by atoms with Crippen molar-refractivity contribution >= 4 is 28.4 Å². The molecule has 5 heterocycles. The van der Waals surface area contributed by atoms with Crippen LogP contribution in [0.1, 0.15) is 37.6 Å². The molecule has 0 unspecified atom stereocenters. The van der Waals surface area contributed by atoms with Crippen LogP contribution in [0.3, 0.4) is 0 Å². The van der Waals surface area contributed by atoms with E-state index in [1.54, 1.807) is 0 Å². The van der Waals surface area contributed by atoms with Crippen LogP contribution in [0, 0.1) is 6.92 Å². The molecule has 9 heteroatoms. The molecule has 3 aliphatic rings. The minimum absolute atomic E-state index is 0.107. The molecule has 0 bridgehead atoms. The van der Waals surface area contributed by atoms with Crippen molar-refractivity contribution in [3.05, 3.63) is 41.3 Å². The predicted octanol–water partition coefficient (Wildman–Crippen LogP) is 3.65. The summed E-state index contributed by atoms with van der Waals surface area (Å²) < 4.78 is 11.8. The molecule has 0 radical (unpaired) electrons. The van der Waals surface area contributed by atoms with E-state index in [4.69, 9.17) is 14.5 Å². The fourth-order valence-corrected chi connectivity index (χ4v) is 5.58. The number of nitrogens with one attached hydrogen (secondary N) is 1. The lowest BCUT2D eigenvalue weighted by molar-refractivity contribution is 0.0194. The number of carbonyl (C=O) groups excluding carboxylic acids is 1. The van der Waals surface area contributed by atoms with Gasteiger partial charge in [0.05, 0.1) is 47.6 Å². The fourth-order valence-electron chi connectivity index (χ4n) is 5.58. The lowest BCUT2D eigenvalue weighted by Gasteiger charge is -2.47. The summed E-state index contributed by atoms with van der Waals surface area (Å²) in [5.74, 6) is 0.854. The number of pyridine rings is 1. The molecule has 6 rings (SSSR count). The first kappa shape index (κ1) is 22.0. The Morgan fingerprint density at radius 2 is 2.03 bits per heavy atom. The number of nitrogens with zero attached hydrogens (tertiary/aromatic N) is 5. The lowest BCUT2D eigenvalue weighted by Crippen LogP contribution is -2.59. The summed E-state index contributed by atoms with van der Waals surface area (Å²) in [6.07, 6.45) is 4.43. The highest BCUT2D eigenvalue weighted by molar-refractivity contribution is 5.93. The molecule has 0 aliphatic carbocycles. The van der Waals surface area contributed by atoms with E-state index in [2.05, 4.69) is 39.1 Å². The topological polar surface area (TPSA) is 86.8 Å². The zero-order valence-electron chi connectivity index (χ0n) is 20.8. The number of fused-ring (bicyclic) bond motifs is 6. The highest BCUT2D eigenvalue weighted by atomic mass is 16.6. The maximum Gasteiger partial charge on any atom is 0.410 e. The molecule has 0 saturated carbocycles. The highest BCUT2D eigenvalue weighted by Gasteiger charge is 2.39. The van der Waals surface area contributed by atoms with E-state index in [0.717, 1.165) is 54.1 Å². The first-order valence-electron chi connectivity index (χ1n) is 12.3. The van der Waals surface area contributed by atoms with Crippen molar-refractivity contribution in [2.75, 3.05) is 42.6 Å². The van der Waals surface area contributed by atoms with Crippen LogP contribution in [-0.4, -0.2) is 70.6 Å². The summed E-state index contributed by atoms with van der Waals surface area (Å²) >= 11 is 0. The van der Waals surface area contributed by atoms with E-state index in [1.807, 2.05) is 38.1 Å². The van der Waals surface area contributed by atoms with Crippen LogP contribution in [0.4, 0.5) is 16.2 Å². The smallest absolute Gasteiger partial charge is 0.410 e. The maximum absolute atomic E-state index is 12.7. The van der Waals surface area contributed by atoms with Crippen LogP contribution in [0.2, 0.25) is 0 Å². The number of aromatic nitrogens is 3. The third kappa shape index (κ3) is 3.83. The van der Waals surface area contributed by atoms with E-state index in [1.165, 1.54) is 16.8 Å². The number of benzene rings is 1. The van der Waals surface area contributed by atoms with E-state index >= 15 is 0 Å². The van der Waals surface area contributed by atoms with Gasteiger partial charge in [-0.15, -0.1) is 0 Å². The van der Waals surface area contributed by atoms with Crippen molar-refractivity contribution in [1.29, 1.82) is 0 Å². The van der Waals surface area contributed by atoms with Crippen LogP contribution < -0.4 is 14.5 Å². The molecule has 1 aromatic carbocycles. The Kier molecular flexibility index (Phi) is 5.05. The molecule has 0 spiro atoms. The van der Waals surface area contributed by atoms with Crippen LogP contribution in [0.5, 0.6) is 5.75 Å². The summed E-state index contributed by atoms with van der Waals surface area (Å²) in [6.45, 7) is 12.0. The third-order valence-electron chi connectivity index (χ3n) is 7.14.